The smallest absolute Gasteiger partial charge is 0.0726 e. The highest BCUT2D eigenvalue weighted by Crippen LogP contribution is 2.37. The van der Waals surface area contributed by atoms with E-state index < -0.39 is 0 Å². The van der Waals surface area contributed by atoms with E-state index in [0.717, 1.165) is 43.6 Å². The van der Waals surface area contributed by atoms with E-state index in [1.165, 1.54) is 16.6 Å². The molecule has 22 heavy (non-hydrogen) atoms. The number of aromatic nitrogens is 1. The standard InChI is InChI=1S/C19H26N2O/c1-4-15-14(2)20-17-9-6-5-8-16(17)18(15)21-11-7-10-19(3,12-21)13-22/h5-6,8-9,22H,4,7,10-13H2,1-3H3. The molecule has 1 fully saturated rings. The summed E-state index contributed by atoms with van der Waals surface area (Å²) in [7, 11) is 0. The van der Waals surface area contributed by atoms with Crippen LogP contribution in [-0.2, 0) is 6.42 Å². The molecule has 3 rings (SSSR count). The molecule has 1 unspecified atom stereocenters. The zero-order valence-corrected chi connectivity index (χ0v) is 13.9. The average molecular weight is 298 g/mol. The number of piperidine rings is 1. The van der Waals surface area contributed by atoms with E-state index >= 15 is 0 Å². The monoisotopic (exact) mass is 298 g/mol. The third-order valence-corrected chi connectivity index (χ3v) is 5.00. The maximum atomic E-state index is 9.77. The van der Waals surface area contributed by atoms with E-state index in [0.29, 0.717) is 0 Å². The second-order valence-corrected chi connectivity index (χ2v) is 6.89. The Morgan fingerprint density at radius 3 is 2.82 bits per heavy atom. The van der Waals surface area contributed by atoms with Crippen LogP contribution in [0.15, 0.2) is 24.3 Å². The Kier molecular flexibility index (Phi) is 4.09. The Morgan fingerprint density at radius 1 is 1.32 bits per heavy atom. The summed E-state index contributed by atoms with van der Waals surface area (Å²) in [6.07, 6.45) is 3.23. The Balaban J connectivity index is 2.16. The van der Waals surface area contributed by atoms with Gasteiger partial charge in [0.05, 0.1) is 17.8 Å². The first-order chi connectivity index (χ1) is 10.6. The van der Waals surface area contributed by atoms with Gasteiger partial charge >= 0.3 is 0 Å². The molecule has 3 heteroatoms. The quantitative estimate of drug-likeness (QED) is 0.938. The Hall–Kier alpha value is -1.61. The van der Waals surface area contributed by atoms with Crippen LogP contribution in [0.3, 0.4) is 0 Å². The lowest BCUT2D eigenvalue weighted by Crippen LogP contribution is -2.44. The molecule has 118 valence electrons. The average Bonchev–Trinajstić information content (AvgIpc) is 2.53. The normalized spacial score (nSPS) is 22.3. The Labute approximate surface area is 133 Å². The minimum atomic E-state index is 0.00153. The highest BCUT2D eigenvalue weighted by atomic mass is 16.3. The number of aryl methyl sites for hydroxylation is 1. The van der Waals surface area contributed by atoms with Gasteiger partial charge in [0.15, 0.2) is 0 Å². The van der Waals surface area contributed by atoms with Crippen molar-refractivity contribution < 1.29 is 5.11 Å². The van der Waals surface area contributed by atoms with Crippen molar-refractivity contribution in [3.05, 3.63) is 35.5 Å². The van der Waals surface area contributed by atoms with Gasteiger partial charge < -0.3 is 10.0 Å². The summed E-state index contributed by atoms with van der Waals surface area (Å²) in [5, 5.41) is 11.0. The highest BCUT2D eigenvalue weighted by Gasteiger charge is 2.32. The second-order valence-electron chi connectivity index (χ2n) is 6.89. The van der Waals surface area contributed by atoms with Crippen LogP contribution in [-0.4, -0.2) is 29.8 Å². The first-order valence-electron chi connectivity index (χ1n) is 8.32. The zero-order chi connectivity index (χ0) is 15.7. The topological polar surface area (TPSA) is 36.4 Å². The van der Waals surface area contributed by atoms with Crippen molar-refractivity contribution in [1.29, 1.82) is 0 Å². The molecule has 0 spiro atoms. The minimum Gasteiger partial charge on any atom is -0.396 e. The summed E-state index contributed by atoms with van der Waals surface area (Å²) in [6.45, 7) is 8.76. The molecule has 1 aliphatic rings. The molecule has 0 aliphatic carbocycles. The van der Waals surface area contributed by atoms with Crippen LogP contribution in [0.25, 0.3) is 10.9 Å². The van der Waals surface area contributed by atoms with Crippen molar-refractivity contribution in [3.8, 4) is 0 Å². The van der Waals surface area contributed by atoms with Crippen LogP contribution >= 0.6 is 0 Å². The number of fused-ring (bicyclic) bond motifs is 1. The van der Waals surface area contributed by atoms with Crippen molar-refractivity contribution in [2.45, 2.75) is 40.0 Å². The van der Waals surface area contributed by atoms with Gasteiger partial charge in [-0.2, -0.15) is 0 Å². The van der Waals surface area contributed by atoms with Gasteiger partial charge in [0.1, 0.15) is 0 Å². The van der Waals surface area contributed by atoms with Crippen molar-refractivity contribution >= 4 is 16.6 Å². The molecule has 1 atom stereocenters. The van der Waals surface area contributed by atoms with Gasteiger partial charge in [-0.05, 0) is 37.8 Å². The molecule has 1 aromatic heterocycles. The van der Waals surface area contributed by atoms with E-state index in [9.17, 15) is 5.11 Å². The van der Waals surface area contributed by atoms with E-state index in [1.54, 1.807) is 0 Å². The Bertz CT molecular complexity index is 682. The third-order valence-electron chi connectivity index (χ3n) is 5.00. The molecule has 2 aromatic rings. The number of rotatable bonds is 3. The molecule has 1 aliphatic heterocycles. The van der Waals surface area contributed by atoms with Crippen LogP contribution in [0.2, 0.25) is 0 Å². The largest absolute Gasteiger partial charge is 0.396 e. The molecule has 2 heterocycles. The van der Waals surface area contributed by atoms with Gasteiger partial charge in [-0.15, -0.1) is 0 Å². The first-order valence-corrected chi connectivity index (χ1v) is 8.32. The molecule has 0 radical (unpaired) electrons. The van der Waals surface area contributed by atoms with Crippen molar-refractivity contribution in [1.82, 2.24) is 4.98 Å². The molecule has 1 N–H and O–H groups in total. The lowest BCUT2D eigenvalue weighted by molar-refractivity contribution is 0.123. The number of nitrogens with zero attached hydrogens (tertiary/aromatic N) is 2. The second kappa shape index (κ2) is 5.88. The predicted octanol–water partition coefficient (Wildman–Crippen LogP) is 3.70. The number of anilines is 1. The third kappa shape index (κ3) is 2.58. The number of aliphatic hydroxyl groups excluding tert-OH is 1. The number of para-hydroxylation sites is 1. The lowest BCUT2D eigenvalue weighted by Gasteiger charge is -2.42. The summed E-state index contributed by atoms with van der Waals surface area (Å²) in [4.78, 5) is 7.26. The van der Waals surface area contributed by atoms with Gasteiger partial charge in [-0.25, -0.2) is 0 Å². The summed E-state index contributed by atoms with van der Waals surface area (Å²) in [5.41, 5.74) is 4.89. The molecule has 0 saturated carbocycles. The number of hydrogen-bond acceptors (Lipinski definition) is 3. The van der Waals surface area contributed by atoms with Gasteiger partial charge in [0.2, 0.25) is 0 Å². The molecular formula is C19H26N2O. The summed E-state index contributed by atoms with van der Waals surface area (Å²) in [5.74, 6) is 0. The first kappa shape index (κ1) is 15.3. The van der Waals surface area contributed by atoms with Crippen LogP contribution in [0.1, 0.15) is 37.9 Å². The summed E-state index contributed by atoms with van der Waals surface area (Å²) >= 11 is 0. The maximum absolute atomic E-state index is 9.77. The van der Waals surface area contributed by atoms with E-state index in [4.69, 9.17) is 4.98 Å². The molecule has 1 aromatic carbocycles. The van der Waals surface area contributed by atoms with Gasteiger partial charge in [0.25, 0.3) is 0 Å². The molecule has 0 bridgehead atoms. The molecule has 0 amide bonds. The Morgan fingerprint density at radius 2 is 2.09 bits per heavy atom. The SMILES string of the molecule is CCc1c(C)nc2ccccc2c1N1CCCC(C)(CO)C1. The lowest BCUT2D eigenvalue weighted by atomic mass is 9.82. The maximum Gasteiger partial charge on any atom is 0.0726 e. The van der Waals surface area contributed by atoms with E-state index in [1.807, 2.05) is 0 Å². The van der Waals surface area contributed by atoms with Gasteiger partial charge in [0, 0.05) is 29.6 Å². The predicted molar refractivity (Wildman–Crippen MR) is 92.5 cm³/mol. The van der Waals surface area contributed by atoms with Crippen molar-refractivity contribution in [2.24, 2.45) is 5.41 Å². The molecule has 1 saturated heterocycles. The summed E-state index contributed by atoms with van der Waals surface area (Å²) in [6, 6.07) is 8.43. The van der Waals surface area contributed by atoms with Crippen LogP contribution in [0.4, 0.5) is 5.69 Å². The summed E-state index contributed by atoms with van der Waals surface area (Å²) < 4.78 is 0. The van der Waals surface area contributed by atoms with E-state index in [2.05, 4.69) is 49.9 Å². The fraction of sp³-hybridized carbons (Fsp3) is 0.526. The molecule has 3 nitrogen and oxygen atoms in total. The van der Waals surface area contributed by atoms with Crippen molar-refractivity contribution in [3.63, 3.8) is 0 Å². The van der Waals surface area contributed by atoms with Crippen LogP contribution in [0, 0.1) is 12.3 Å². The van der Waals surface area contributed by atoms with Gasteiger partial charge in [-0.3, -0.25) is 4.98 Å². The molecular weight excluding hydrogens is 272 g/mol. The van der Waals surface area contributed by atoms with Gasteiger partial charge in [-0.1, -0.05) is 32.0 Å². The number of pyridine rings is 1. The van der Waals surface area contributed by atoms with E-state index in [-0.39, 0.29) is 12.0 Å². The fourth-order valence-electron chi connectivity index (χ4n) is 3.77. The number of aliphatic hydroxyl groups is 1. The zero-order valence-electron chi connectivity index (χ0n) is 13.9. The fourth-order valence-corrected chi connectivity index (χ4v) is 3.77. The highest BCUT2D eigenvalue weighted by molar-refractivity contribution is 5.94. The number of benzene rings is 1. The van der Waals surface area contributed by atoms with Crippen LogP contribution in [0.5, 0.6) is 0 Å². The minimum absolute atomic E-state index is 0.00153. The van der Waals surface area contributed by atoms with Crippen LogP contribution < -0.4 is 4.90 Å². The van der Waals surface area contributed by atoms with Crippen molar-refractivity contribution in [2.75, 3.05) is 24.6 Å². The number of hydrogen-bond donors (Lipinski definition) is 1.